The van der Waals surface area contributed by atoms with Crippen molar-refractivity contribution in [2.75, 3.05) is 7.11 Å². The van der Waals surface area contributed by atoms with E-state index >= 15 is 0 Å². The molecule has 1 atom stereocenters. The van der Waals surface area contributed by atoms with Gasteiger partial charge in [0.25, 0.3) is 0 Å². The normalized spacial score (nSPS) is 12.4. The number of halogens is 2. The molecule has 0 radical (unpaired) electrons. The summed E-state index contributed by atoms with van der Waals surface area (Å²) in [7, 11) is 1.63. The molecule has 20 heavy (non-hydrogen) atoms. The Bertz CT molecular complexity index is 586. The lowest BCUT2D eigenvalue weighted by Gasteiger charge is -2.13. The van der Waals surface area contributed by atoms with Crippen molar-refractivity contribution in [1.29, 1.82) is 0 Å². The predicted octanol–water partition coefficient (Wildman–Crippen LogP) is 3.90. The van der Waals surface area contributed by atoms with Crippen molar-refractivity contribution in [2.24, 2.45) is 0 Å². The minimum absolute atomic E-state index is 0.331. The van der Waals surface area contributed by atoms with Crippen LogP contribution in [0.3, 0.4) is 0 Å². The molecular weight excluding hydrogens is 279 g/mol. The van der Waals surface area contributed by atoms with Gasteiger partial charge in [-0.05, 0) is 28.8 Å². The molecule has 106 valence electrons. The number of ether oxygens (including phenoxy) is 1. The van der Waals surface area contributed by atoms with E-state index in [-0.39, 0.29) is 5.82 Å². The lowest BCUT2D eigenvalue weighted by atomic mass is 10.00. The Morgan fingerprint density at radius 3 is 2.75 bits per heavy atom. The van der Waals surface area contributed by atoms with Gasteiger partial charge in [-0.1, -0.05) is 41.9 Å². The largest absolute Gasteiger partial charge is 0.388 e. The fraction of sp³-hybridized carbons (Fsp3) is 0.250. The molecule has 0 spiro atoms. The first-order valence-corrected chi connectivity index (χ1v) is 6.67. The van der Waals surface area contributed by atoms with E-state index in [2.05, 4.69) is 0 Å². The molecule has 0 saturated carbocycles. The van der Waals surface area contributed by atoms with Gasteiger partial charge in [-0.25, -0.2) is 4.39 Å². The lowest BCUT2D eigenvalue weighted by Crippen LogP contribution is -2.03. The Hall–Kier alpha value is -1.42. The van der Waals surface area contributed by atoms with E-state index in [1.807, 2.05) is 24.3 Å². The van der Waals surface area contributed by atoms with E-state index in [4.69, 9.17) is 16.3 Å². The van der Waals surface area contributed by atoms with E-state index in [0.29, 0.717) is 18.1 Å². The zero-order valence-electron chi connectivity index (χ0n) is 11.1. The summed E-state index contributed by atoms with van der Waals surface area (Å²) in [6.45, 7) is 0.498. The van der Waals surface area contributed by atoms with E-state index in [1.54, 1.807) is 13.2 Å². The summed E-state index contributed by atoms with van der Waals surface area (Å²) in [6.07, 6.45) is -0.343. The Morgan fingerprint density at radius 2 is 2.05 bits per heavy atom. The third kappa shape index (κ3) is 3.79. The molecule has 0 amide bonds. The highest BCUT2D eigenvalue weighted by molar-refractivity contribution is 6.31. The molecule has 2 aromatic rings. The molecule has 1 unspecified atom stereocenters. The number of methoxy groups -OCH3 is 1. The molecule has 2 nitrogen and oxygen atoms in total. The highest BCUT2D eigenvalue weighted by atomic mass is 35.5. The summed E-state index contributed by atoms with van der Waals surface area (Å²) in [6, 6.07) is 11.7. The van der Waals surface area contributed by atoms with Crippen LogP contribution in [0.1, 0.15) is 22.8 Å². The monoisotopic (exact) mass is 294 g/mol. The maximum Gasteiger partial charge on any atom is 0.124 e. The molecule has 0 heterocycles. The zero-order valence-corrected chi connectivity index (χ0v) is 11.9. The van der Waals surface area contributed by atoms with E-state index < -0.39 is 6.10 Å². The van der Waals surface area contributed by atoms with Crippen LogP contribution in [0.15, 0.2) is 42.5 Å². The molecule has 4 heteroatoms. The molecule has 0 bridgehead atoms. The number of benzene rings is 2. The molecular formula is C16H16ClFO2. The quantitative estimate of drug-likeness (QED) is 0.906. The first-order chi connectivity index (χ1) is 9.60. The second kappa shape index (κ2) is 6.84. The van der Waals surface area contributed by atoms with Gasteiger partial charge in [-0.2, -0.15) is 0 Å². The molecule has 0 saturated heterocycles. The predicted molar refractivity (Wildman–Crippen MR) is 77.2 cm³/mol. The van der Waals surface area contributed by atoms with Crippen LogP contribution in [-0.2, 0) is 17.8 Å². The van der Waals surface area contributed by atoms with E-state index in [1.165, 1.54) is 12.1 Å². The number of aliphatic hydroxyl groups is 1. The van der Waals surface area contributed by atoms with Crippen molar-refractivity contribution in [2.45, 2.75) is 19.1 Å². The highest BCUT2D eigenvalue weighted by Crippen LogP contribution is 2.24. The van der Waals surface area contributed by atoms with Gasteiger partial charge in [0, 0.05) is 18.6 Å². The van der Waals surface area contributed by atoms with Crippen LogP contribution in [0.25, 0.3) is 0 Å². The first kappa shape index (κ1) is 15.0. The van der Waals surface area contributed by atoms with Gasteiger partial charge in [-0.3, -0.25) is 0 Å². The average Bonchev–Trinajstić information content (AvgIpc) is 2.42. The van der Waals surface area contributed by atoms with Crippen molar-refractivity contribution < 1.29 is 14.2 Å². The van der Waals surface area contributed by atoms with Gasteiger partial charge in [-0.15, -0.1) is 0 Å². The van der Waals surface area contributed by atoms with Crippen LogP contribution in [0.4, 0.5) is 4.39 Å². The highest BCUT2D eigenvalue weighted by Gasteiger charge is 2.12. The van der Waals surface area contributed by atoms with Crippen LogP contribution in [0.2, 0.25) is 5.02 Å². The summed E-state index contributed by atoms with van der Waals surface area (Å²) in [5.41, 5.74) is 2.51. The molecule has 0 aliphatic carbocycles. The van der Waals surface area contributed by atoms with Crippen molar-refractivity contribution in [3.63, 3.8) is 0 Å². The fourth-order valence-electron chi connectivity index (χ4n) is 2.07. The van der Waals surface area contributed by atoms with Crippen LogP contribution in [0, 0.1) is 5.82 Å². The number of hydrogen-bond donors (Lipinski definition) is 1. The number of hydrogen-bond acceptors (Lipinski definition) is 2. The van der Waals surface area contributed by atoms with Gasteiger partial charge in [0.2, 0.25) is 0 Å². The third-order valence-electron chi connectivity index (χ3n) is 3.08. The SMILES string of the molecule is COCc1cccc(C(O)Cc2ccc(F)cc2Cl)c1. The van der Waals surface area contributed by atoms with Crippen molar-refractivity contribution in [3.8, 4) is 0 Å². The minimum Gasteiger partial charge on any atom is -0.388 e. The molecule has 0 fully saturated rings. The molecule has 2 rings (SSSR count). The van der Waals surface area contributed by atoms with Gasteiger partial charge >= 0.3 is 0 Å². The Kier molecular flexibility index (Phi) is 5.12. The minimum atomic E-state index is -0.685. The maximum atomic E-state index is 13.0. The van der Waals surface area contributed by atoms with Gasteiger partial charge in [0.05, 0.1) is 12.7 Å². The Morgan fingerprint density at radius 1 is 1.25 bits per heavy atom. The average molecular weight is 295 g/mol. The van der Waals surface area contributed by atoms with Crippen LogP contribution >= 0.6 is 11.6 Å². The van der Waals surface area contributed by atoms with E-state index in [9.17, 15) is 9.50 Å². The summed E-state index contributed by atoms with van der Waals surface area (Å²) in [4.78, 5) is 0. The second-order valence-corrected chi connectivity index (χ2v) is 5.04. The molecule has 0 aromatic heterocycles. The van der Waals surface area contributed by atoms with Gasteiger partial charge in [0.1, 0.15) is 5.82 Å². The van der Waals surface area contributed by atoms with Crippen molar-refractivity contribution in [1.82, 2.24) is 0 Å². The maximum absolute atomic E-state index is 13.0. The van der Waals surface area contributed by atoms with Crippen LogP contribution in [0.5, 0.6) is 0 Å². The van der Waals surface area contributed by atoms with Crippen molar-refractivity contribution >= 4 is 11.6 Å². The summed E-state index contributed by atoms with van der Waals surface area (Å²) < 4.78 is 18.1. The molecule has 2 aromatic carbocycles. The molecule has 1 N–H and O–H groups in total. The topological polar surface area (TPSA) is 29.5 Å². The summed E-state index contributed by atoms with van der Waals surface area (Å²) >= 11 is 5.97. The lowest BCUT2D eigenvalue weighted by molar-refractivity contribution is 0.175. The van der Waals surface area contributed by atoms with E-state index in [0.717, 1.165) is 16.7 Å². The van der Waals surface area contributed by atoms with Crippen molar-refractivity contribution in [3.05, 3.63) is 70.0 Å². The Labute approximate surface area is 122 Å². The zero-order chi connectivity index (χ0) is 14.5. The first-order valence-electron chi connectivity index (χ1n) is 6.30. The third-order valence-corrected chi connectivity index (χ3v) is 3.43. The molecule has 0 aliphatic heterocycles. The standard InChI is InChI=1S/C16H16ClFO2/c1-20-10-11-3-2-4-13(7-11)16(19)8-12-5-6-14(18)9-15(12)17/h2-7,9,16,19H,8,10H2,1H3. The Balaban J connectivity index is 2.15. The summed E-state index contributed by atoms with van der Waals surface area (Å²) in [5.74, 6) is -0.379. The molecule has 0 aliphatic rings. The summed E-state index contributed by atoms with van der Waals surface area (Å²) in [5, 5.41) is 10.6. The second-order valence-electron chi connectivity index (χ2n) is 4.63. The fourth-order valence-corrected chi connectivity index (χ4v) is 2.31. The van der Waals surface area contributed by atoms with Gasteiger partial charge < -0.3 is 9.84 Å². The number of rotatable bonds is 5. The van der Waals surface area contributed by atoms with Crippen LogP contribution < -0.4 is 0 Å². The number of aliphatic hydroxyl groups excluding tert-OH is 1. The van der Waals surface area contributed by atoms with Crippen LogP contribution in [-0.4, -0.2) is 12.2 Å². The smallest absolute Gasteiger partial charge is 0.124 e. The van der Waals surface area contributed by atoms with Gasteiger partial charge in [0.15, 0.2) is 0 Å².